The molecule has 0 bridgehead atoms. The molecule has 3 amide bonds. The minimum atomic E-state index is -1.21. The van der Waals surface area contributed by atoms with Crippen LogP contribution in [0.3, 0.4) is 0 Å². The average molecular weight is 584 g/mol. The predicted octanol–water partition coefficient (Wildman–Crippen LogP) is -0.987. The quantitative estimate of drug-likeness (QED) is 0.0666. The van der Waals surface area contributed by atoms with Gasteiger partial charge in [0.2, 0.25) is 17.7 Å². The number of aliphatic carboxylic acids is 2. The molecular formula is C25H41N7O7S. The van der Waals surface area contributed by atoms with Crippen LogP contribution in [0.15, 0.2) is 35.3 Å². The normalized spacial score (nSPS) is 13.2. The Bertz CT molecular complexity index is 987. The second-order valence-corrected chi connectivity index (χ2v) is 9.72. The molecule has 224 valence electrons. The van der Waals surface area contributed by atoms with Gasteiger partial charge >= 0.3 is 5.97 Å². The second-order valence-electron chi connectivity index (χ2n) is 8.74. The van der Waals surface area contributed by atoms with Gasteiger partial charge in [0.1, 0.15) is 18.1 Å². The SMILES string of the molecule is CC(=O)O.CSCCC(N)C(=O)NC(CCCN=C(N)N)C(=O)NC(Cc1ccccc1)C(=O)NC(C)C(=O)O. The molecule has 11 N–H and O–H groups in total. The summed E-state index contributed by atoms with van der Waals surface area (Å²) in [6, 6.07) is 4.91. The van der Waals surface area contributed by atoms with E-state index in [1.54, 1.807) is 36.0 Å². The monoisotopic (exact) mass is 583 g/mol. The van der Waals surface area contributed by atoms with Crippen LogP contribution in [-0.2, 0) is 30.4 Å². The molecule has 0 radical (unpaired) electrons. The number of amides is 3. The number of benzene rings is 1. The first-order valence-electron chi connectivity index (χ1n) is 12.5. The lowest BCUT2D eigenvalue weighted by Gasteiger charge is -2.25. The summed E-state index contributed by atoms with van der Waals surface area (Å²) in [5.74, 6) is -3.22. The third-order valence-electron chi connectivity index (χ3n) is 5.19. The standard InChI is InChI=1S/C23H37N7O5S.C2H4O2/c1-14(22(34)35)28-21(33)18(13-15-7-4-3-5-8-15)30-20(32)17(9-6-11-27-23(25)26)29-19(31)16(24)10-12-36-2;1-2(3)4/h3-5,7-8,14,16-18H,6,9-13,24H2,1-2H3,(H,28,33)(H,29,31)(H,30,32)(H,34,35)(H4,25,26,27);1H3,(H,3,4). The van der Waals surface area contributed by atoms with Gasteiger partial charge in [-0.15, -0.1) is 0 Å². The molecule has 0 heterocycles. The smallest absolute Gasteiger partial charge is 0.325 e. The Kier molecular flexibility index (Phi) is 18.2. The van der Waals surface area contributed by atoms with Gasteiger partial charge in [-0.25, -0.2) is 0 Å². The van der Waals surface area contributed by atoms with E-state index < -0.39 is 53.8 Å². The summed E-state index contributed by atoms with van der Waals surface area (Å²) in [5.41, 5.74) is 17.4. The molecule has 0 aromatic heterocycles. The van der Waals surface area contributed by atoms with Crippen LogP contribution in [0.4, 0.5) is 0 Å². The van der Waals surface area contributed by atoms with Crippen molar-refractivity contribution >= 4 is 47.4 Å². The van der Waals surface area contributed by atoms with Crippen molar-refractivity contribution in [3.63, 3.8) is 0 Å². The van der Waals surface area contributed by atoms with Gasteiger partial charge in [-0.1, -0.05) is 30.3 Å². The zero-order valence-corrected chi connectivity index (χ0v) is 23.8. The molecule has 0 fully saturated rings. The number of nitrogens with zero attached hydrogens (tertiary/aromatic N) is 1. The number of guanidine groups is 1. The number of aliphatic imine (C=N–C) groups is 1. The third-order valence-corrected chi connectivity index (χ3v) is 5.84. The molecule has 1 aromatic carbocycles. The Morgan fingerprint density at radius 3 is 2.00 bits per heavy atom. The summed E-state index contributed by atoms with van der Waals surface area (Å²) in [6.07, 6.45) is 3.01. The molecule has 0 spiro atoms. The Labute approximate surface area is 237 Å². The second kappa shape index (κ2) is 20.1. The van der Waals surface area contributed by atoms with E-state index in [2.05, 4.69) is 20.9 Å². The molecule has 40 heavy (non-hydrogen) atoms. The van der Waals surface area contributed by atoms with Gasteiger partial charge in [-0.2, -0.15) is 11.8 Å². The highest BCUT2D eigenvalue weighted by atomic mass is 32.2. The van der Waals surface area contributed by atoms with Crippen LogP contribution in [0, 0.1) is 0 Å². The zero-order valence-electron chi connectivity index (χ0n) is 23.0. The highest BCUT2D eigenvalue weighted by Crippen LogP contribution is 2.07. The summed E-state index contributed by atoms with van der Waals surface area (Å²) in [5, 5.41) is 24.3. The maximum atomic E-state index is 13.2. The van der Waals surface area contributed by atoms with Crippen molar-refractivity contribution in [1.82, 2.24) is 16.0 Å². The number of carbonyl (C=O) groups excluding carboxylic acids is 3. The lowest BCUT2D eigenvalue weighted by molar-refractivity contribution is -0.141. The van der Waals surface area contributed by atoms with Crippen LogP contribution in [0.1, 0.15) is 38.7 Å². The number of nitrogens with one attached hydrogen (secondary N) is 3. The molecule has 0 aliphatic rings. The van der Waals surface area contributed by atoms with Gasteiger partial charge in [0.05, 0.1) is 6.04 Å². The van der Waals surface area contributed by atoms with Gasteiger partial charge in [-0.3, -0.25) is 29.0 Å². The third kappa shape index (κ3) is 16.9. The molecule has 0 aliphatic heterocycles. The van der Waals surface area contributed by atoms with E-state index in [4.69, 9.17) is 32.2 Å². The molecule has 4 unspecified atom stereocenters. The molecule has 0 saturated carbocycles. The minimum Gasteiger partial charge on any atom is -0.481 e. The lowest BCUT2D eigenvalue weighted by Crippen LogP contribution is -2.57. The van der Waals surface area contributed by atoms with Crippen LogP contribution in [-0.4, -0.2) is 88.6 Å². The van der Waals surface area contributed by atoms with Crippen molar-refractivity contribution < 1.29 is 34.2 Å². The van der Waals surface area contributed by atoms with Crippen LogP contribution in [0.2, 0.25) is 0 Å². The van der Waals surface area contributed by atoms with E-state index in [9.17, 15) is 19.2 Å². The number of carbonyl (C=O) groups is 5. The fraction of sp³-hybridized carbons (Fsp3) is 0.520. The summed E-state index contributed by atoms with van der Waals surface area (Å²) >= 11 is 1.55. The molecule has 1 rings (SSSR count). The largest absolute Gasteiger partial charge is 0.481 e. The fourth-order valence-corrected chi connectivity index (χ4v) is 3.62. The number of hydrogen-bond acceptors (Lipinski definition) is 8. The van der Waals surface area contributed by atoms with Crippen molar-refractivity contribution in [3.05, 3.63) is 35.9 Å². The molecule has 0 saturated heterocycles. The van der Waals surface area contributed by atoms with Crippen LogP contribution >= 0.6 is 11.8 Å². The number of carboxylic acids is 2. The van der Waals surface area contributed by atoms with Crippen molar-refractivity contribution in [2.75, 3.05) is 18.6 Å². The summed E-state index contributed by atoms with van der Waals surface area (Å²) in [7, 11) is 0. The van der Waals surface area contributed by atoms with Gasteiger partial charge in [0.15, 0.2) is 5.96 Å². The van der Waals surface area contributed by atoms with E-state index in [1.807, 2.05) is 12.3 Å². The predicted molar refractivity (Wildman–Crippen MR) is 153 cm³/mol. The Morgan fingerprint density at radius 1 is 0.925 bits per heavy atom. The maximum Gasteiger partial charge on any atom is 0.325 e. The first kappa shape index (κ1) is 36.1. The Hall–Kier alpha value is -3.85. The number of rotatable bonds is 16. The lowest BCUT2D eigenvalue weighted by atomic mass is 10.0. The minimum absolute atomic E-state index is 0.0914. The van der Waals surface area contributed by atoms with Crippen LogP contribution in [0.25, 0.3) is 0 Å². The number of thioether (sulfide) groups is 1. The molecule has 14 nitrogen and oxygen atoms in total. The van der Waals surface area contributed by atoms with Crippen LogP contribution < -0.4 is 33.2 Å². The molecular weight excluding hydrogens is 542 g/mol. The van der Waals surface area contributed by atoms with E-state index in [0.29, 0.717) is 18.6 Å². The number of carboxylic acid groups (broad SMARTS) is 2. The van der Waals surface area contributed by atoms with E-state index in [1.165, 1.54) is 6.92 Å². The highest BCUT2D eigenvalue weighted by molar-refractivity contribution is 7.98. The maximum absolute atomic E-state index is 13.2. The molecule has 15 heteroatoms. The van der Waals surface area contributed by atoms with E-state index in [0.717, 1.165) is 12.5 Å². The molecule has 1 aromatic rings. The van der Waals surface area contributed by atoms with Gasteiger partial charge in [0.25, 0.3) is 5.97 Å². The summed E-state index contributed by atoms with van der Waals surface area (Å²) < 4.78 is 0. The first-order chi connectivity index (χ1) is 18.8. The van der Waals surface area contributed by atoms with Crippen molar-refractivity contribution in [1.29, 1.82) is 0 Å². The summed E-state index contributed by atoms with van der Waals surface area (Å²) in [6.45, 7) is 2.65. The molecule has 4 atom stereocenters. The van der Waals surface area contributed by atoms with Gasteiger partial charge < -0.3 is 43.4 Å². The van der Waals surface area contributed by atoms with Gasteiger partial charge in [-0.05, 0) is 43.8 Å². The van der Waals surface area contributed by atoms with Crippen molar-refractivity contribution in [2.45, 2.75) is 63.7 Å². The topological polar surface area (TPSA) is 252 Å². The highest BCUT2D eigenvalue weighted by Gasteiger charge is 2.29. The fourth-order valence-electron chi connectivity index (χ4n) is 3.13. The Balaban J connectivity index is 0.00000354. The first-order valence-corrected chi connectivity index (χ1v) is 13.8. The Morgan fingerprint density at radius 2 is 1.48 bits per heavy atom. The summed E-state index contributed by atoms with van der Waals surface area (Å²) in [4.78, 5) is 62.8. The zero-order chi connectivity index (χ0) is 30.7. The molecule has 0 aliphatic carbocycles. The average Bonchev–Trinajstić information content (AvgIpc) is 2.88. The van der Waals surface area contributed by atoms with Crippen molar-refractivity contribution in [3.8, 4) is 0 Å². The van der Waals surface area contributed by atoms with Crippen LogP contribution in [0.5, 0.6) is 0 Å². The van der Waals surface area contributed by atoms with Crippen molar-refractivity contribution in [2.24, 2.45) is 22.2 Å². The number of hydrogen-bond donors (Lipinski definition) is 8. The van der Waals surface area contributed by atoms with Gasteiger partial charge in [0, 0.05) is 19.9 Å². The number of nitrogens with two attached hydrogens (primary N) is 3. The van der Waals surface area contributed by atoms with E-state index >= 15 is 0 Å². The van der Waals surface area contributed by atoms with E-state index in [-0.39, 0.29) is 25.3 Å².